The molecule has 0 spiro atoms. The molecule has 1 saturated heterocycles. The summed E-state index contributed by atoms with van der Waals surface area (Å²) in [6, 6.07) is 3.64. The van der Waals surface area contributed by atoms with Gasteiger partial charge in [-0.3, -0.25) is 10.1 Å². The molecule has 2 rings (SSSR count). The van der Waals surface area contributed by atoms with Gasteiger partial charge in [-0.05, 0) is 24.4 Å². The minimum absolute atomic E-state index is 0.154. The molecule has 0 aliphatic carbocycles. The lowest BCUT2D eigenvalue weighted by molar-refractivity contribution is -0.384. The quantitative estimate of drug-likeness (QED) is 0.211. The van der Waals surface area contributed by atoms with E-state index < -0.39 is 16.9 Å². The van der Waals surface area contributed by atoms with Crippen molar-refractivity contribution in [1.82, 2.24) is 0 Å². The summed E-state index contributed by atoms with van der Waals surface area (Å²) >= 11 is 0. The number of ether oxygens (including phenoxy) is 1. The molecule has 1 aliphatic heterocycles. The topological polar surface area (TPSA) is 121 Å². The van der Waals surface area contributed by atoms with E-state index in [0.717, 1.165) is 6.42 Å². The molecule has 1 heterocycles. The molecular weight excluding hydrogens is 278 g/mol. The van der Waals surface area contributed by atoms with E-state index in [1.807, 2.05) is 0 Å². The van der Waals surface area contributed by atoms with Crippen LogP contribution in [0.5, 0.6) is 0 Å². The summed E-state index contributed by atoms with van der Waals surface area (Å²) in [6.07, 6.45) is 1.33. The molecule has 1 aromatic carbocycles. The third-order valence-corrected chi connectivity index (χ3v) is 3.35. The smallest absolute Gasteiger partial charge is 0.328 e. The molecule has 1 aliphatic rings. The average Bonchev–Trinajstić information content (AvgIpc) is 2.96. The normalized spacial score (nSPS) is 17.2. The number of benzene rings is 1. The van der Waals surface area contributed by atoms with Gasteiger partial charge >= 0.3 is 5.97 Å². The maximum Gasteiger partial charge on any atom is 0.328 e. The van der Waals surface area contributed by atoms with Gasteiger partial charge in [0.2, 0.25) is 0 Å². The van der Waals surface area contributed by atoms with Gasteiger partial charge in [0.1, 0.15) is 11.7 Å². The van der Waals surface area contributed by atoms with E-state index in [9.17, 15) is 14.9 Å². The van der Waals surface area contributed by atoms with Crippen LogP contribution in [0.4, 0.5) is 17.1 Å². The Morgan fingerprint density at radius 3 is 3.00 bits per heavy atom. The molecule has 0 saturated carbocycles. The lowest BCUT2D eigenvalue weighted by Crippen LogP contribution is -2.37. The zero-order chi connectivity index (χ0) is 15.4. The molecule has 0 aromatic heterocycles. The lowest BCUT2D eigenvalue weighted by Gasteiger charge is -2.24. The van der Waals surface area contributed by atoms with Crippen LogP contribution >= 0.6 is 0 Å². The largest absolute Gasteiger partial charge is 0.467 e. The predicted octanol–water partition coefficient (Wildman–Crippen LogP) is 2.68. The van der Waals surface area contributed by atoms with E-state index in [-0.39, 0.29) is 11.4 Å². The van der Waals surface area contributed by atoms with Gasteiger partial charge in [0.25, 0.3) is 5.69 Å². The van der Waals surface area contributed by atoms with Crippen LogP contribution in [0.3, 0.4) is 0 Å². The van der Waals surface area contributed by atoms with Crippen molar-refractivity contribution in [2.75, 3.05) is 18.6 Å². The molecule has 1 atom stereocenters. The number of methoxy groups -OCH3 is 1. The number of carbonyl (C=O) groups excluding carboxylic acids is 1. The molecule has 0 N–H and O–H groups in total. The second-order valence-corrected chi connectivity index (χ2v) is 4.49. The Balaban J connectivity index is 2.45. The fourth-order valence-electron chi connectivity index (χ4n) is 2.45. The Bertz CT molecular complexity index is 626. The third kappa shape index (κ3) is 2.87. The minimum Gasteiger partial charge on any atom is -0.467 e. The fourth-order valence-corrected chi connectivity index (χ4v) is 2.45. The van der Waals surface area contributed by atoms with Crippen LogP contribution in [0.15, 0.2) is 23.3 Å². The van der Waals surface area contributed by atoms with Gasteiger partial charge in [-0.2, -0.15) is 0 Å². The molecule has 0 bridgehead atoms. The van der Waals surface area contributed by atoms with Crippen molar-refractivity contribution in [2.45, 2.75) is 18.9 Å². The summed E-state index contributed by atoms with van der Waals surface area (Å²) in [5.41, 5.74) is 8.67. The molecular formula is C12H13N5O4. The van der Waals surface area contributed by atoms with E-state index in [0.29, 0.717) is 18.7 Å². The molecule has 0 amide bonds. The van der Waals surface area contributed by atoms with Crippen molar-refractivity contribution in [1.29, 1.82) is 0 Å². The Morgan fingerprint density at radius 1 is 1.62 bits per heavy atom. The van der Waals surface area contributed by atoms with Crippen molar-refractivity contribution in [3.05, 3.63) is 38.8 Å². The van der Waals surface area contributed by atoms with Crippen molar-refractivity contribution in [3.63, 3.8) is 0 Å². The molecule has 0 unspecified atom stereocenters. The molecule has 9 nitrogen and oxygen atoms in total. The second-order valence-electron chi connectivity index (χ2n) is 4.49. The molecule has 9 heteroatoms. The highest BCUT2D eigenvalue weighted by atomic mass is 16.6. The highest BCUT2D eigenvalue weighted by Crippen LogP contribution is 2.36. The summed E-state index contributed by atoms with van der Waals surface area (Å²) < 4.78 is 4.73. The fraction of sp³-hybridized carbons (Fsp3) is 0.417. The zero-order valence-electron chi connectivity index (χ0n) is 11.3. The standard InChI is InChI=1S/C12H13N5O4/c1-21-12(18)10-3-2-6-16(10)9-5-4-8(14-15-13)7-11(9)17(19)20/h4-5,7,10H,2-3,6H2,1H3/t10-/m0/s1. The van der Waals surface area contributed by atoms with E-state index in [1.54, 1.807) is 4.90 Å². The van der Waals surface area contributed by atoms with Crippen molar-refractivity contribution < 1.29 is 14.5 Å². The molecule has 0 radical (unpaired) electrons. The maximum absolute atomic E-state index is 11.7. The van der Waals surface area contributed by atoms with Crippen molar-refractivity contribution in [3.8, 4) is 0 Å². The highest BCUT2D eigenvalue weighted by molar-refractivity contribution is 5.83. The first-order valence-electron chi connectivity index (χ1n) is 6.26. The maximum atomic E-state index is 11.7. The summed E-state index contributed by atoms with van der Waals surface area (Å²) in [5, 5.41) is 14.6. The summed E-state index contributed by atoms with van der Waals surface area (Å²) in [5.74, 6) is -0.416. The molecule has 1 aromatic rings. The van der Waals surface area contributed by atoms with Crippen molar-refractivity contribution in [2.24, 2.45) is 5.11 Å². The number of rotatable bonds is 4. The monoisotopic (exact) mass is 291 g/mol. The minimum atomic E-state index is -0.557. The number of anilines is 1. The third-order valence-electron chi connectivity index (χ3n) is 3.35. The first-order valence-corrected chi connectivity index (χ1v) is 6.26. The summed E-state index contributed by atoms with van der Waals surface area (Å²) in [6.45, 7) is 0.529. The highest BCUT2D eigenvalue weighted by Gasteiger charge is 2.35. The first-order chi connectivity index (χ1) is 10.1. The van der Waals surface area contributed by atoms with Crippen LogP contribution in [0.25, 0.3) is 10.4 Å². The number of nitrogens with zero attached hydrogens (tertiary/aromatic N) is 5. The lowest BCUT2D eigenvalue weighted by atomic mass is 10.2. The second kappa shape index (κ2) is 6.10. The van der Waals surface area contributed by atoms with E-state index in [4.69, 9.17) is 10.3 Å². The van der Waals surface area contributed by atoms with Crippen LogP contribution in [0, 0.1) is 10.1 Å². The van der Waals surface area contributed by atoms with E-state index in [1.165, 1.54) is 25.3 Å². The van der Waals surface area contributed by atoms with E-state index in [2.05, 4.69) is 10.0 Å². The Hall–Kier alpha value is -2.80. The van der Waals surface area contributed by atoms with Gasteiger partial charge in [-0.25, -0.2) is 4.79 Å². The van der Waals surface area contributed by atoms with Crippen molar-refractivity contribution >= 4 is 23.0 Å². The number of hydrogen-bond acceptors (Lipinski definition) is 6. The van der Waals surface area contributed by atoms with Crippen LogP contribution < -0.4 is 4.90 Å². The van der Waals surface area contributed by atoms with E-state index >= 15 is 0 Å². The van der Waals surface area contributed by atoms with Gasteiger partial charge in [-0.15, -0.1) is 0 Å². The Kier molecular flexibility index (Phi) is 4.24. The Labute approximate surface area is 119 Å². The number of carbonyl (C=O) groups is 1. The Morgan fingerprint density at radius 2 is 2.38 bits per heavy atom. The van der Waals surface area contributed by atoms with Gasteiger partial charge in [0, 0.05) is 23.2 Å². The van der Waals surface area contributed by atoms with Gasteiger partial charge in [0.15, 0.2) is 0 Å². The first kappa shape index (κ1) is 14.6. The zero-order valence-corrected chi connectivity index (χ0v) is 11.3. The SMILES string of the molecule is COC(=O)[C@@H]1CCCN1c1ccc(N=[N+]=[N-])cc1[N+](=O)[O-]. The number of nitro groups is 1. The molecule has 1 fully saturated rings. The van der Waals surface area contributed by atoms with Gasteiger partial charge < -0.3 is 9.64 Å². The number of nitro benzene ring substituents is 1. The predicted molar refractivity (Wildman–Crippen MR) is 74.3 cm³/mol. The van der Waals surface area contributed by atoms with Crippen LogP contribution in [-0.4, -0.2) is 30.6 Å². The molecule has 110 valence electrons. The average molecular weight is 291 g/mol. The number of hydrogen-bond donors (Lipinski definition) is 0. The van der Waals surface area contributed by atoms with Crippen LogP contribution in [0.2, 0.25) is 0 Å². The number of azide groups is 1. The van der Waals surface area contributed by atoms with Gasteiger partial charge in [0.05, 0.1) is 12.0 Å². The van der Waals surface area contributed by atoms with Crippen LogP contribution in [0.1, 0.15) is 12.8 Å². The number of esters is 1. The summed E-state index contributed by atoms with van der Waals surface area (Å²) in [7, 11) is 1.29. The van der Waals surface area contributed by atoms with Crippen LogP contribution in [-0.2, 0) is 9.53 Å². The summed E-state index contributed by atoms with van der Waals surface area (Å²) in [4.78, 5) is 26.7. The van der Waals surface area contributed by atoms with Gasteiger partial charge in [-0.1, -0.05) is 11.2 Å². The molecule has 21 heavy (non-hydrogen) atoms.